The van der Waals surface area contributed by atoms with Crippen LogP contribution < -0.4 is 4.74 Å². The van der Waals surface area contributed by atoms with Gasteiger partial charge in [0.2, 0.25) is 0 Å². The molecule has 216 valence electrons. The van der Waals surface area contributed by atoms with Crippen LogP contribution in [0.5, 0.6) is 5.75 Å². The molecule has 1 aromatic heterocycles. The number of amides is 1. The fraction of sp³-hybridized carbons (Fsp3) is 0.536. The Kier molecular flexibility index (Phi) is 13.0. The van der Waals surface area contributed by atoms with Crippen LogP contribution in [-0.4, -0.2) is 55.1 Å². The number of aromatic nitrogens is 1. The summed E-state index contributed by atoms with van der Waals surface area (Å²) in [5.41, 5.74) is -0.864. The number of ether oxygens (including phenoxy) is 3. The Bertz CT molecular complexity index is 1140. The standard InChI is InChI=1S/C28H39ClN2O7S/c1-5-36-26(32)16-11-22(17-20-37-24-10-8-18-30-21-24)9-6-7-19-31(27(33)38-28(2,3)4)39(34,35)25-14-12-23(29)13-15-25/h8,10,12-15,18,21-22H,5-7,9,11,16-17,19-20H2,1-4H3. The molecular formula is C28H39ClN2O7S. The van der Waals surface area contributed by atoms with Gasteiger partial charge < -0.3 is 14.2 Å². The molecule has 11 heteroatoms. The van der Waals surface area contributed by atoms with E-state index in [1.165, 1.54) is 24.3 Å². The lowest BCUT2D eigenvalue weighted by Gasteiger charge is -2.27. The highest BCUT2D eigenvalue weighted by Crippen LogP contribution is 2.24. The van der Waals surface area contributed by atoms with E-state index in [2.05, 4.69) is 4.98 Å². The summed E-state index contributed by atoms with van der Waals surface area (Å²) in [7, 11) is -4.15. The van der Waals surface area contributed by atoms with Crippen molar-refractivity contribution >= 4 is 33.7 Å². The second kappa shape index (κ2) is 15.7. The van der Waals surface area contributed by atoms with Crippen LogP contribution in [0.25, 0.3) is 0 Å². The summed E-state index contributed by atoms with van der Waals surface area (Å²) < 4.78 is 43.7. The molecular weight excluding hydrogens is 544 g/mol. The summed E-state index contributed by atoms with van der Waals surface area (Å²) in [4.78, 5) is 28.8. The van der Waals surface area contributed by atoms with Gasteiger partial charge in [-0.05, 0) is 89.3 Å². The highest BCUT2D eigenvalue weighted by Gasteiger charge is 2.32. The maximum atomic E-state index is 13.3. The number of unbranched alkanes of at least 4 members (excludes halogenated alkanes) is 1. The molecule has 0 fully saturated rings. The Labute approximate surface area is 236 Å². The minimum absolute atomic E-state index is 0.0439. The summed E-state index contributed by atoms with van der Waals surface area (Å²) in [5.74, 6) is 0.566. The van der Waals surface area contributed by atoms with Crippen LogP contribution in [0.2, 0.25) is 5.02 Å². The van der Waals surface area contributed by atoms with Gasteiger partial charge in [-0.25, -0.2) is 17.5 Å². The van der Waals surface area contributed by atoms with E-state index in [4.69, 9.17) is 25.8 Å². The van der Waals surface area contributed by atoms with E-state index in [1.54, 1.807) is 46.2 Å². The van der Waals surface area contributed by atoms with Crippen molar-refractivity contribution in [2.24, 2.45) is 5.92 Å². The average Bonchev–Trinajstić information content (AvgIpc) is 2.86. The van der Waals surface area contributed by atoms with Gasteiger partial charge in [0.25, 0.3) is 10.0 Å². The number of hydrogen-bond donors (Lipinski definition) is 0. The normalized spacial score (nSPS) is 12.4. The largest absolute Gasteiger partial charge is 0.492 e. The van der Waals surface area contributed by atoms with Crippen molar-refractivity contribution in [2.75, 3.05) is 19.8 Å². The van der Waals surface area contributed by atoms with Crippen molar-refractivity contribution in [2.45, 2.75) is 76.7 Å². The highest BCUT2D eigenvalue weighted by molar-refractivity contribution is 7.89. The van der Waals surface area contributed by atoms with E-state index in [0.717, 1.165) is 10.7 Å². The Hall–Kier alpha value is -2.85. The molecule has 2 rings (SSSR count). The Morgan fingerprint density at radius 3 is 2.38 bits per heavy atom. The molecule has 0 bridgehead atoms. The molecule has 0 radical (unpaired) electrons. The third-order valence-electron chi connectivity index (χ3n) is 5.71. The van der Waals surface area contributed by atoms with Gasteiger partial charge in [-0.3, -0.25) is 9.78 Å². The van der Waals surface area contributed by atoms with Crippen molar-refractivity contribution in [1.82, 2.24) is 9.29 Å². The summed E-state index contributed by atoms with van der Waals surface area (Å²) in [6.07, 6.45) is 5.77. The lowest BCUT2D eigenvalue weighted by Crippen LogP contribution is -2.41. The molecule has 1 atom stereocenters. The van der Waals surface area contributed by atoms with E-state index in [-0.39, 0.29) is 23.3 Å². The molecule has 1 heterocycles. The minimum atomic E-state index is -4.15. The van der Waals surface area contributed by atoms with Crippen LogP contribution in [0, 0.1) is 5.92 Å². The second-order valence-corrected chi connectivity index (χ2v) is 12.3. The first-order chi connectivity index (χ1) is 18.4. The molecule has 1 unspecified atom stereocenters. The smallest absolute Gasteiger partial charge is 0.424 e. The highest BCUT2D eigenvalue weighted by atomic mass is 35.5. The van der Waals surface area contributed by atoms with E-state index >= 15 is 0 Å². The maximum Gasteiger partial charge on any atom is 0.424 e. The predicted molar refractivity (Wildman–Crippen MR) is 149 cm³/mol. The van der Waals surface area contributed by atoms with Gasteiger partial charge in [0.05, 0.1) is 24.3 Å². The second-order valence-electron chi connectivity index (χ2n) is 10.0. The number of halogens is 1. The molecule has 0 spiro atoms. The third kappa shape index (κ3) is 11.8. The number of sulfonamides is 1. The molecule has 2 aromatic rings. The number of esters is 1. The first kappa shape index (κ1) is 32.4. The van der Waals surface area contributed by atoms with Crippen molar-refractivity contribution < 1.29 is 32.2 Å². The maximum absolute atomic E-state index is 13.3. The fourth-order valence-electron chi connectivity index (χ4n) is 3.81. The lowest BCUT2D eigenvalue weighted by atomic mass is 9.93. The Morgan fingerprint density at radius 1 is 1.05 bits per heavy atom. The van der Waals surface area contributed by atoms with Gasteiger partial charge in [0, 0.05) is 24.2 Å². The van der Waals surface area contributed by atoms with Gasteiger partial charge in [-0.15, -0.1) is 0 Å². The molecule has 39 heavy (non-hydrogen) atoms. The third-order valence-corrected chi connectivity index (χ3v) is 7.75. The van der Waals surface area contributed by atoms with Crippen LogP contribution in [0.1, 0.15) is 66.2 Å². The number of rotatable bonds is 15. The summed E-state index contributed by atoms with van der Waals surface area (Å²) in [5, 5.41) is 0.388. The lowest BCUT2D eigenvalue weighted by molar-refractivity contribution is -0.143. The number of benzene rings is 1. The van der Waals surface area contributed by atoms with Crippen LogP contribution in [-0.2, 0) is 24.3 Å². The summed E-state index contributed by atoms with van der Waals surface area (Å²) in [6.45, 7) is 7.55. The zero-order valence-electron chi connectivity index (χ0n) is 23.1. The number of pyridine rings is 1. The number of carbonyl (C=O) groups excluding carboxylic acids is 2. The van der Waals surface area contributed by atoms with Gasteiger partial charge in [0.15, 0.2) is 0 Å². The van der Waals surface area contributed by atoms with Gasteiger partial charge in [0.1, 0.15) is 11.4 Å². The molecule has 9 nitrogen and oxygen atoms in total. The molecule has 0 aliphatic rings. The first-order valence-corrected chi connectivity index (χ1v) is 14.9. The van der Waals surface area contributed by atoms with Crippen LogP contribution >= 0.6 is 11.6 Å². The summed E-state index contributed by atoms with van der Waals surface area (Å²) in [6, 6.07) is 9.27. The van der Waals surface area contributed by atoms with E-state index in [9.17, 15) is 18.0 Å². The molecule has 0 N–H and O–H groups in total. The van der Waals surface area contributed by atoms with Crippen molar-refractivity contribution in [3.05, 3.63) is 53.8 Å². The quantitative estimate of drug-likeness (QED) is 0.179. The molecule has 0 saturated carbocycles. The molecule has 1 aromatic carbocycles. The van der Waals surface area contributed by atoms with Crippen molar-refractivity contribution in [3.8, 4) is 5.75 Å². The SMILES string of the molecule is CCOC(=O)CCC(CCCCN(C(=O)OC(C)(C)C)S(=O)(=O)c1ccc(Cl)cc1)CCOc1cccnc1. The molecule has 0 aliphatic heterocycles. The Balaban J connectivity index is 2.03. The zero-order valence-corrected chi connectivity index (χ0v) is 24.7. The number of carbonyl (C=O) groups is 2. The minimum Gasteiger partial charge on any atom is -0.492 e. The molecule has 1 amide bonds. The van der Waals surface area contributed by atoms with Crippen molar-refractivity contribution in [3.63, 3.8) is 0 Å². The number of nitrogens with zero attached hydrogens (tertiary/aromatic N) is 2. The average molecular weight is 583 g/mol. The first-order valence-electron chi connectivity index (χ1n) is 13.1. The van der Waals surface area contributed by atoms with Gasteiger partial charge in [-0.1, -0.05) is 24.4 Å². The van der Waals surface area contributed by atoms with Crippen LogP contribution in [0.4, 0.5) is 4.79 Å². The molecule has 0 aliphatic carbocycles. The van der Waals surface area contributed by atoms with Crippen molar-refractivity contribution in [1.29, 1.82) is 0 Å². The number of hydrogen-bond acceptors (Lipinski definition) is 8. The van der Waals surface area contributed by atoms with E-state index < -0.39 is 21.7 Å². The predicted octanol–water partition coefficient (Wildman–Crippen LogP) is 6.26. The summed E-state index contributed by atoms with van der Waals surface area (Å²) >= 11 is 5.92. The van der Waals surface area contributed by atoms with Gasteiger partial charge >= 0.3 is 12.1 Å². The molecule has 0 saturated heterocycles. The zero-order chi connectivity index (χ0) is 28.9. The van der Waals surface area contributed by atoms with Gasteiger partial charge in [-0.2, -0.15) is 0 Å². The monoisotopic (exact) mass is 582 g/mol. The topological polar surface area (TPSA) is 112 Å². The van der Waals surface area contributed by atoms with Crippen LogP contribution in [0.3, 0.4) is 0 Å². The van der Waals surface area contributed by atoms with Crippen LogP contribution in [0.15, 0.2) is 53.7 Å². The van der Waals surface area contributed by atoms with E-state index in [1.807, 2.05) is 6.07 Å². The fourth-order valence-corrected chi connectivity index (χ4v) is 5.27. The Morgan fingerprint density at radius 2 is 1.77 bits per heavy atom. The van der Waals surface area contributed by atoms with E-state index in [0.29, 0.717) is 56.1 Å².